The molecule has 0 aliphatic rings. The quantitative estimate of drug-likeness (QED) is 0.768. The van der Waals surface area contributed by atoms with Crippen molar-refractivity contribution in [1.82, 2.24) is 4.98 Å². The lowest BCUT2D eigenvalue weighted by Crippen LogP contribution is -1.95. The molecule has 0 aliphatic heterocycles. The second kappa shape index (κ2) is 5.15. The third-order valence-corrected chi connectivity index (χ3v) is 2.60. The van der Waals surface area contributed by atoms with E-state index in [-0.39, 0.29) is 11.8 Å². The van der Waals surface area contributed by atoms with Crippen LogP contribution in [0.1, 0.15) is 11.1 Å². The Labute approximate surface area is 104 Å². The van der Waals surface area contributed by atoms with Crippen LogP contribution in [-0.2, 0) is 5.88 Å². The largest absolute Gasteiger partial charge is 0.436 e. The number of aryl methyl sites for hydroxylation is 1. The summed E-state index contributed by atoms with van der Waals surface area (Å²) in [7, 11) is 0. The van der Waals surface area contributed by atoms with E-state index < -0.39 is 5.82 Å². The van der Waals surface area contributed by atoms with Gasteiger partial charge in [0.15, 0.2) is 5.82 Å². The first-order valence-corrected chi connectivity index (χ1v) is 5.68. The molecule has 1 aromatic carbocycles. The third kappa shape index (κ3) is 2.74. The summed E-state index contributed by atoms with van der Waals surface area (Å²) >= 11 is 5.60. The average molecular weight is 252 g/mol. The maximum absolute atomic E-state index is 13.8. The first-order chi connectivity index (χ1) is 8.20. The van der Waals surface area contributed by atoms with Crippen LogP contribution >= 0.6 is 11.6 Å². The molecule has 0 N–H and O–H groups in total. The van der Waals surface area contributed by atoms with Crippen LogP contribution in [-0.4, -0.2) is 4.98 Å². The molecular formula is C13H11ClFNO. The smallest absolute Gasteiger partial charge is 0.256 e. The standard InChI is InChI=1S/C13H11ClFNO/c1-9-2-4-11(5-3-9)17-13-12(15)10(8-14)6-7-16-13/h2-7H,8H2,1H3. The van der Waals surface area contributed by atoms with E-state index >= 15 is 0 Å². The van der Waals surface area contributed by atoms with Gasteiger partial charge >= 0.3 is 0 Å². The van der Waals surface area contributed by atoms with Crippen molar-refractivity contribution in [2.45, 2.75) is 12.8 Å². The molecule has 2 nitrogen and oxygen atoms in total. The van der Waals surface area contributed by atoms with Crippen LogP contribution in [0.15, 0.2) is 36.5 Å². The Morgan fingerprint density at radius 1 is 1.24 bits per heavy atom. The zero-order chi connectivity index (χ0) is 12.3. The van der Waals surface area contributed by atoms with Crippen LogP contribution in [0, 0.1) is 12.7 Å². The number of benzene rings is 1. The molecule has 1 heterocycles. The van der Waals surface area contributed by atoms with Crippen molar-refractivity contribution in [2.75, 3.05) is 0 Å². The number of rotatable bonds is 3. The molecule has 0 fully saturated rings. The SMILES string of the molecule is Cc1ccc(Oc2nccc(CCl)c2F)cc1. The van der Waals surface area contributed by atoms with E-state index in [1.54, 1.807) is 12.1 Å². The average Bonchev–Trinajstić information content (AvgIpc) is 2.35. The molecule has 0 amide bonds. The molecule has 0 atom stereocenters. The number of pyridine rings is 1. The summed E-state index contributed by atoms with van der Waals surface area (Å²) in [6.45, 7) is 1.97. The molecule has 2 rings (SSSR count). The molecule has 0 spiro atoms. The number of hydrogen-bond donors (Lipinski definition) is 0. The fraction of sp³-hybridized carbons (Fsp3) is 0.154. The highest BCUT2D eigenvalue weighted by atomic mass is 35.5. The Bertz CT molecular complexity index is 513. The van der Waals surface area contributed by atoms with Crippen LogP contribution in [0.5, 0.6) is 11.6 Å². The molecule has 0 radical (unpaired) electrons. The maximum atomic E-state index is 13.8. The Hall–Kier alpha value is -1.61. The third-order valence-electron chi connectivity index (χ3n) is 2.32. The summed E-state index contributed by atoms with van der Waals surface area (Å²) in [5.41, 5.74) is 1.49. The maximum Gasteiger partial charge on any atom is 0.256 e. The van der Waals surface area contributed by atoms with Crippen molar-refractivity contribution >= 4 is 11.6 Å². The van der Waals surface area contributed by atoms with Crippen LogP contribution < -0.4 is 4.74 Å². The lowest BCUT2D eigenvalue weighted by molar-refractivity contribution is 0.420. The van der Waals surface area contributed by atoms with E-state index in [9.17, 15) is 4.39 Å². The Balaban J connectivity index is 2.27. The molecule has 4 heteroatoms. The van der Waals surface area contributed by atoms with E-state index in [0.717, 1.165) is 5.56 Å². The van der Waals surface area contributed by atoms with E-state index in [0.29, 0.717) is 11.3 Å². The minimum atomic E-state index is -0.511. The second-order valence-corrected chi connectivity index (χ2v) is 3.91. The predicted molar refractivity (Wildman–Crippen MR) is 65.0 cm³/mol. The fourth-order valence-electron chi connectivity index (χ4n) is 1.35. The molecule has 0 unspecified atom stereocenters. The molecular weight excluding hydrogens is 241 g/mol. The summed E-state index contributed by atoms with van der Waals surface area (Å²) in [5.74, 6) is 0.0855. The van der Waals surface area contributed by atoms with Crippen molar-refractivity contribution in [3.05, 3.63) is 53.5 Å². The Morgan fingerprint density at radius 2 is 1.94 bits per heavy atom. The zero-order valence-corrected chi connectivity index (χ0v) is 10.0. The molecule has 2 aromatic rings. The van der Waals surface area contributed by atoms with E-state index in [4.69, 9.17) is 16.3 Å². The molecule has 0 saturated heterocycles. The van der Waals surface area contributed by atoms with Crippen LogP contribution in [0.3, 0.4) is 0 Å². The lowest BCUT2D eigenvalue weighted by atomic mass is 10.2. The number of alkyl halides is 1. The second-order valence-electron chi connectivity index (χ2n) is 3.64. The summed E-state index contributed by atoms with van der Waals surface area (Å²) in [6.07, 6.45) is 1.48. The van der Waals surface area contributed by atoms with Crippen molar-refractivity contribution in [1.29, 1.82) is 0 Å². The van der Waals surface area contributed by atoms with Gasteiger partial charge in [0.1, 0.15) is 5.75 Å². The molecule has 17 heavy (non-hydrogen) atoms. The number of hydrogen-bond acceptors (Lipinski definition) is 2. The summed E-state index contributed by atoms with van der Waals surface area (Å²) < 4.78 is 19.1. The molecule has 1 aromatic heterocycles. The fourth-order valence-corrected chi connectivity index (χ4v) is 1.56. The van der Waals surface area contributed by atoms with Crippen molar-refractivity contribution in [3.63, 3.8) is 0 Å². The van der Waals surface area contributed by atoms with Crippen molar-refractivity contribution in [3.8, 4) is 11.6 Å². The molecule has 0 bridgehead atoms. The Morgan fingerprint density at radius 3 is 2.59 bits per heavy atom. The summed E-state index contributed by atoms with van der Waals surface area (Å²) in [4.78, 5) is 3.85. The number of ether oxygens (including phenoxy) is 1. The first kappa shape index (κ1) is 11.9. The van der Waals surface area contributed by atoms with Gasteiger partial charge in [0.2, 0.25) is 0 Å². The zero-order valence-electron chi connectivity index (χ0n) is 9.28. The highest BCUT2D eigenvalue weighted by Gasteiger charge is 2.10. The molecule has 0 saturated carbocycles. The lowest BCUT2D eigenvalue weighted by Gasteiger charge is -2.07. The topological polar surface area (TPSA) is 22.1 Å². The van der Waals surface area contributed by atoms with E-state index in [2.05, 4.69) is 4.98 Å². The minimum Gasteiger partial charge on any atom is -0.436 e. The monoisotopic (exact) mass is 251 g/mol. The van der Waals surface area contributed by atoms with Gasteiger partial charge in [-0.3, -0.25) is 0 Å². The van der Waals surface area contributed by atoms with Crippen molar-refractivity contribution in [2.24, 2.45) is 0 Å². The highest BCUT2D eigenvalue weighted by molar-refractivity contribution is 6.17. The van der Waals surface area contributed by atoms with E-state index in [1.807, 2.05) is 19.1 Å². The van der Waals surface area contributed by atoms with Crippen LogP contribution in [0.2, 0.25) is 0 Å². The van der Waals surface area contributed by atoms with Crippen molar-refractivity contribution < 1.29 is 9.13 Å². The van der Waals surface area contributed by atoms with Gasteiger partial charge in [-0.1, -0.05) is 17.7 Å². The van der Waals surface area contributed by atoms with Gasteiger partial charge in [0, 0.05) is 11.8 Å². The molecule has 0 aliphatic carbocycles. The number of aromatic nitrogens is 1. The van der Waals surface area contributed by atoms with Gasteiger partial charge in [0.25, 0.3) is 5.88 Å². The van der Waals surface area contributed by atoms with Crippen LogP contribution in [0.4, 0.5) is 4.39 Å². The molecule has 88 valence electrons. The minimum absolute atomic E-state index is 0.0491. The first-order valence-electron chi connectivity index (χ1n) is 5.14. The van der Waals surface area contributed by atoms with Gasteiger partial charge in [-0.15, -0.1) is 11.6 Å². The van der Waals surface area contributed by atoms with Gasteiger partial charge in [-0.2, -0.15) is 0 Å². The summed E-state index contributed by atoms with van der Waals surface area (Å²) in [6, 6.07) is 8.84. The van der Waals surface area contributed by atoms with Gasteiger partial charge < -0.3 is 4.74 Å². The summed E-state index contributed by atoms with van der Waals surface area (Å²) in [5, 5.41) is 0. The van der Waals surface area contributed by atoms with E-state index in [1.165, 1.54) is 12.3 Å². The predicted octanol–water partition coefficient (Wildman–Crippen LogP) is 4.06. The van der Waals surface area contributed by atoms with Gasteiger partial charge in [0.05, 0.1) is 5.88 Å². The van der Waals surface area contributed by atoms with Gasteiger partial charge in [-0.25, -0.2) is 9.37 Å². The Kier molecular flexibility index (Phi) is 3.59. The normalized spacial score (nSPS) is 10.3. The highest BCUT2D eigenvalue weighted by Crippen LogP contribution is 2.24. The van der Waals surface area contributed by atoms with Crippen LogP contribution in [0.25, 0.3) is 0 Å². The van der Waals surface area contributed by atoms with Gasteiger partial charge in [-0.05, 0) is 25.1 Å². The number of nitrogens with zero attached hydrogens (tertiary/aromatic N) is 1. The number of halogens is 2.